The molecule has 2 aromatic heterocycles. The molecule has 0 aliphatic carbocycles. The second-order valence-electron chi connectivity index (χ2n) is 11.3. The highest BCUT2D eigenvalue weighted by atomic mass is 32.2. The normalized spacial score (nSPS) is 11.5. The van der Waals surface area contributed by atoms with E-state index in [2.05, 4.69) is 30.7 Å². The molecular formula is C36H40N2O7S. The lowest BCUT2D eigenvalue weighted by molar-refractivity contribution is 0.200. The van der Waals surface area contributed by atoms with E-state index in [9.17, 15) is 18.3 Å². The Morgan fingerprint density at radius 1 is 0.935 bits per heavy atom. The van der Waals surface area contributed by atoms with Gasteiger partial charge in [0.05, 0.1) is 12.0 Å². The molecule has 46 heavy (non-hydrogen) atoms. The summed E-state index contributed by atoms with van der Waals surface area (Å²) in [6.07, 6.45) is 3.81. The average Bonchev–Trinajstić information content (AvgIpc) is 3.49. The number of thiol groups is 1. The van der Waals surface area contributed by atoms with E-state index in [1.165, 1.54) is 4.57 Å². The molecule has 0 unspecified atom stereocenters. The number of furan rings is 1. The van der Waals surface area contributed by atoms with Crippen LogP contribution in [0.4, 0.5) is 0 Å². The molecule has 10 heteroatoms. The van der Waals surface area contributed by atoms with Gasteiger partial charge in [0.2, 0.25) is 10.9 Å². The zero-order valence-electron chi connectivity index (χ0n) is 26.8. The molecule has 0 bridgehead atoms. The van der Waals surface area contributed by atoms with E-state index in [-0.39, 0.29) is 25.3 Å². The third kappa shape index (κ3) is 6.89. The van der Waals surface area contributed by atoms with E-state index < -0.39 is 10.9 Å². The second-order valence-corrected chi connectivity index (χ2v) is 12.1. The summed E-state index contributed by atoms with van der Waals surface area (Å²) in [5.41, 5.74) is 7.25. The van der Waals surface area contributed by atoms with Gasteiger partial charge in [0.15, 0.2) is 0 Å². The fourth-order valence-corrected chi connectivity index (χ4v) is 6.11. The van der Waals surface area contributed by atoms with E-state index in [0.717, 1.165) is 57.5 Å². The van der Waals surface area contributed by atoms with Gasteiger partial charge >= 0.3 is 0 Å². The molecule has 0 aliphatic rings. The fraction of sp³-hybridized carbons (Fsp3) is 0.306. The summed E-state index contributed by atoms with van der Waals surface area (Å²) in [4.78, 5) is 13.4. The molecule has 5 rings (SSSR count). The Bertz CT molecular complexity index is 1970. The van der Waals surface area contributed by atoms with Gasteiger partial charge in [-0.3, -0.25) is 4.79 Å². The van der Waals surface area contributed by atoms with Crippen molar-refractivity contribution >= 4 is 21.9 Å². The number of hydrogen-bond donors (Lipinski definition) is 3. The van der Waals surface area contributed by atoms with E-state index in [1.54, 1.807) is 19.3 Å². The predicted molar refractivity (Wildman–Crippen MR) is 182 cm³/mol. The first kappa shape index (κ1) is 33.0. The summed E-state index contributed by atoms with van der Waals surface area (Å²) in [5, 5.41) is 9.65. The fourth-order valence-electron chi connectivity index (χ4n) is 5.81. The zero-order valence-corrected chi connectivity index (χ0v) is 27.7. The molecule has 0 atom stereocenters. The maximum absolute atomic E-state index is 13.4. The molecule has 9 nitrogen and oxygen atoms in total. The van der Waals surface area contributed by atoms with Crippen molar-refractivity contribution in [2.45, 2.75) is 47.0 Å². The third-order valence-electron chi connectivity index (χ3n) is 8.07. The van der Waals surface area contributed by atoms with Crippen LogP contribution >= 0.6 is 0 Å². The topological polar surface area (TPSA) is 120 Å². The summed E-state index contributed by atoms with van der Waals surface area (Å²) in [7, 11) is -0.999. The Kier molecular flexibility index (Phi) is 10.3. The molecule has 5 aromatic rings. The Labute approximate surface area is 270 Å². The van der Waals surface area contributed by atoms with Gasteiger partial charge in [-0.2, -0.15) is 0 Å². The molecule has 0 fully saturated rings. The first-order chi connectivity index (χ1) is 22.1. The maximum Gasteiger partial charge on any atom is 0.261 e. The van der Waals surface area contributed by atoms with Crippen LogP contribution in [0, 0.1) is 13.8 Å². The molecule has 0 amide bonds. The van der Waals surface area contributed by atoms with E-state index in [4.69, 9.17) is 13.9 Å². The molecule has 2 heterocycles. The number of aliphatic hydroxyl groups is 1. The summed E-state index contributed by atoms with van der Waals surface area (Å²) >= 11 is 0. The number of aliphatic hydroxyl groups excluding tert-OH is 1. The van der Waals surface area contributed by atoms with Crippen LogP contribution in [0.15, 0.2) is 70.0 Å². The van der Waals surface area contributed by atoms with Crippen molar-refractivity contribution in [3.63, 3.8) is 0 Å². The minimum Gasteiger partial charge on any atom is -0.491 e. The second kappa shape index (κ2) is 14.4. The van der Waals surface area contributed by atoms with Crippen molar-refractivity contribution < 1.29 is 27.4 Å². The zero-order chi connectivity index (χ0) is 33.0. The first-order valence-electron chi connectivity index (χ1n) is 15.4. The van der Waals surface area contributed by atoms with Crippen LogP contribution in [0.25, 0.3) is 33.4 Å². The monoisotopic (exact) mass is 644 g/mol. The molecule has 242 valence electrons. The lowest BCUT2D eigenvalue weighted by Crippen LogP contribution is -2.16. The van der Waals surface area contributed by atoms with Crippen molar-refractivity contribution in [2.75, 3.05) is 19.8 Å². The number of fused-ring (bicyclic) bond motifs is 1. The Morgan fingerprint density at radius 2 is 1.63 bits per heavy atom. The van der Waals surface area contributed by atoms with Crippen molar-refractivity contribution in [3.05, 3.63) is 99.0 Å². The van der Waals surface area contributed by atoms with E-state index in [0.29, 0.717) is 40.2 Å². The number of hydrogen-bond acceptors (Lipinski definition) is 7. The number of nitrogens with zero attached hydrogens (tertiary/aromatic N) is 1. The quantitative estimate of drug-likeness (QED) is 0.134. The van der Waals surface area contributed by atoms with Crippen LogP contribution in [-0.4, -0.2) is 37.8 Å². The molecule has 0 saturated heterocycles. The highest BCUT2D eigenvalue weighted by Gasteiger charge is 2.21. The number of rotatable bonds is 13. The number of ether oxygens (including phenoxy) is 2. The van der Waals surface area contributed by atoms with E-state index in [1.807, 2.05) is 50.2 Å². The van der Waals surface area contributed by atoms with Crippen LogP contribution < -0.4 is 19.8 Å². The van der Waals surface area contributed by atoms with Gasteiger partial charge in [-0.25, -0.2) is 13.1 Å². The molecule has 0 aliphatic heterocycles. The van der Waals surface area contributed by atoms with Gasteiger partial charge in [0.25, 0.3) is 5.56 Å². The van der Waals surface area contributed by atoms with Crippen LogP contribution in [0.3, 0.4) is 0 Å². The van der Waals surface area contributed by atoms with Crippen LogP contribution in [-0.2, 0) is 37.2 Å². The maximum atomic E-state index is 13.4. The highest BCUT2D eigenvalue weighted by Crippen LogP contribution is 2.41. The lowest BCUT2D eigenvalue weighted by Gasteiger charge is -2.18. The standard InChI is InChI=1S/C36H40N2O7S/c1-6-25-9-8-10-26(7-2)34(25)44-31-12-11-24(13-14-37-46(41)42)19-28(31)30-21-38(5)36(40)29-20-32(45-35(29)30)27-17-22(3)33(23(4)18-27)43-16-15-39/h8-12,17-21,39,46H,6-7,13-16H2,1-5H3,(H,37,41,42). The molecule has 3 aromatic carbocycles. The van der Waals surface area contributed by atoms with Gasteiger partial charge in [0.1, 0.15) is 35.2 Å². The minimum absolute atomic E-state index is 0.0813. The number of para-hydroxylation sites is 1. The number of nitrogens with one attached hydrogen (secondary N) is 1. The van der Waals surface area contributed by atoms with Crippen molar-refractivity contribution in [1.82, 2.24) is 9.29 Å². The van der Waals surface area contributed by atoms with E-state index >= 15 is 0 Å². The Hall–Kier alpha value is -4.38. The first-order valence-corrected chi connectivity index (χ1v) is 16.6. The van der Waals surface area contributed by atoms with Gasteiger partial charge in [-0.1, -0.05) is 38.1 Å². The molecule has 0 saturated carbocycles. The molecule has 2 N–H and O–H groups in total. The van der Waals surface area contributed by atoms with Crippen molar-refractivity contribution in [1.29, 1.82) is 0 Å². The minimum atomic E-state index is -2.71. The van der Waals surface area contributed by atoms with Crippen molar-refractivity contribution in [2.24, 2.45) is 7.05 Å². The smallest absolute Gasteiger partial charge is 0.261 e. The Morgan fingerprint density at radius 3 is 2.26 bits per heavy atom. The van der Waals surface area contributed by atoms with Gasteiger partial charge in [-0.05, 0) is 91.3 Å². The van der Waals surface area contributed by atoms with Crippen LogP contribution in [0.5, 0.6) is 17.2 Å². The lowest BCUT2D eigenvalue weighted by atomic mass is 10.00. The average molecular weight is 645 g/mol. The van der Waals surface area contributed by atoms with Gasteiger partial charge in [-0.15, -0.1) is 0 Å². The van der Waals surface area contributed by atoms with Crippen LogP contribution in [0.2, 0.25) is 0 Å². The summed E-state index contributed by atoms with van der Waals surface area (Å²) < 4.78 is 45.3. The van der Waals surface area contributed by atoms with Gasteiger partial charge in [0, 0.05) is 36.5 Å². The molecule has 0 radical (unpaired) electrons. The van der Waals surface area contributed by atoms with Crippen LogP contribution in [0.1, 0.15) is 41.7 Å². The summed E-state index contributed by atoms with van der Waals surface area (Å²) in [6.45, 7) is 8.42. The SMILES string of the molecule is CCc1cccc(CC)c1Oc1ccc(CCN[SH](=O)=O)cc1-c1cn(C)c(=O)c2cc(-c3cc(C)c(OCCO)c(C)c3)oc12. The highest BCUT2D eigenvalue weighted by molar-refractivity contribution is 7.70. The number of benzene rings is 3. The van der Waals surface area contributed by atoms with Gasteiger partial charge < -0.3 is 23.6 Å². The Balaban J connectivity index is 1.69. The predicted octanol–water partition coefficient (Wildman–Crippen LogP) is 6.03. The largest absolute Gasteiger partial charge is 0.491 e. The molecule has 0 spiro atoms. The number of aryl methyl sites for hydroxylation is 5. The molecular weight excluding hydrogens is 604 g/mol. The van der Waals surface area contributed by atoms with Crippen molar-refractivity contribution in [3.8, 4) is 39.7 Å². The summed E-state index contributed by atoms with van der Waals surface area (Å²) in [6, 6.07) is 17.6. The summed E-state index contributed by atoms with van der Waals surface area (Å²) in [5.74, 6) is 2.64. The third-order valence-corrected chi connectivity index (χ3v) is 8.56. The number of pyridine rings is 1. The number of aromatic nitrogens is 1.